The fourth-order valence-corrected chi connectivity index (χ4v) is 1.98. The summed E-state index contributed by atoms with van der Waals surface area (Å²) in [5, 5.41) is 11.3. The average Bonchev–Trinajstić information content (AvgIpc) is 2.43. The van der Waals surface area contributed by atoms with Gasteiger partial charge < -0.3 is 15.3 Å². The van der Waals surface area contributed by atoms with Gasteiger partial charge >= 0.3 is 12.0 Å². The number of urea groups is 1. The number of benzene rings is 1. The second kappa shape index (κ2) is 5.90. The van der Waals surface area contributed by atoms with E-state index < -0.39 is 29.2 Å². The van der Waals surface area contributed by atoms with Crippen LogP contribution in [0.3, 0.4) is 0 Å². The molecule has 0 radical (unpaired) electrons. The fraction of sp³-hybridized carbons (Fsp3) is 0.286. The van der Waals surface area contributed by atoms with Crippen molar-refractivity contribution in [3.05, 3.63) is 41.0 Å². The number of carboxylic acid groups (broad SMARTS) is 1. The van der Waals surface area contributed by atoms with Crippen LogP contribution in [0.15, 0.2) is 23.8 Å². The number of nitrogens with one attached hydrogen (secondary N) is 1. The molecule has 1 aliphatic rings. The number of carbonyl (C=O) groups is 2. The predicted molar refractivity (Wildman–Crippen MR) is 72.3 cm³/mol. The normalized spacial score (nSPS) is 14.6. The van der Waals surface area contributed by atoms with Gasteiger partial charge in [0.1, 0.15) is 0 Å². The van der Waals surface area contributed by atoms with E-state index in [1.54, 1.807) is 0 Å². The minimum atomic E-state index is -1.45. The number of anilines is 1. The first-order valence-corrected chi connectivity index (χ1v) is 6.32. The van der Waals surface area contributed by atoms with E-state index >= 15 is 0 Å². The summed E-state index contributed by atoms with van der Waals surface area (Å²) in [5.41, 5.74) is 0.404. The molecule has 1 aliphatic heterocycles. The van der Waals surface area contributed by atoms with E-state index in [0.717, 1.165) is 12.0 Å². The SMILES string of the molecule is CC1=CCN(C(=O)Nc2cc(F)c(F)cc2C(=O)O)CC1. The van der Waals surface area contributed by atoms with Crippen molar-refractivity contribution in [1.82, 2.24) is 4.90 Å². The van der Waals surface area contributed by atoms with Crippen molar-refractivity contribution in [2.45, 2.75) is 13.3 Å². The van der Waals surface area contributed by atoms with Gasteiger partial charge in [0.25, 0.3) is 0 Å². The lowest BCUT2D eigenvalue weighted by molar-refractivity contribution is 0.0697. The Labute approximate surface area is 119 Å². The Hall–Kier alpha value is -2.44. The molecule has 0 bridgehead atoms. The molecule has 21 heavy (non-hydrogen) atoms. The number of aromatic carboxylic acids is 1. The van der Waals surface area contributed by atoms with Crippen molar-refractivity contribution >= 4 is 17.7 Å². The second-order valence-corrected chi connectivity index (χ2v) is 4.79. The van der Waals surface area contributed by atoms with E-state index in [-0.39, 0.29) is 5.69 Å². The highest BCUT2D eigenvalue weighted by atomic mass is 19.2. The number of rotatable bonds is 2. The van der Waals surface area contributed by atoms with Crippen molar-refractivity contribution in [3.8, 4) is 0 Å². The van der Waals surface area contributed by atoms with Gasteiger partial charge in [0.15, 0.2) is 11.6 Å². The van der Waals surface area contributed by atoms with Crippen LogP contribution in [-0.2, 0) is 0 Å². The van der Waals surface area contributed by atoms with Crippen molar-refractivity contribution < 1.29 is 23.5 Å². The van der Waals surface area contributed by atoms with Gasteiger partial charge in [-0.25, -0.2) is 18.4 Å². The van der Waals surface area contributed by atoms with Crippen LogP contribution in [0.5, 0.6) is 0 Å². The highest BCUT2D eigenvalue weighted by Gasteiger charge is 2.20. The minimum Gasteiger partial charge on any atom is -0.478 e. The van der Waals surface area contributed by atoms with Crippen LogP contribution in [0.1, 0.15) is 23.7 Å². The molecule has 0 aliphatic carbocycles. The smallest absolute Gasteiger partial charge is 0.337 e. The maximum Gasteiger partial charge on any atom is 0.337 e. The van der Waals surface area contributed by atoms with E-state index in [4.69, 9.17) is 5.11 Å². The zero-order chi connectivity index (χ0) is 15.6. The van der Waals surface area contributed by atoms with Gasteiger partial charge in [-0.3, -0.25) is 0 Å². The zero-order valence-corrected chi connectivity index (χ0v) is 11.3. The van der Waals surface area contributed by atoms with E-state index in [9.17, 15) is 18.4 Å². The molecular formula is C14H14F2N2O3. The molecule has 112 valence electrons. The van der Waals surface area contributed by atoms with Crippen molar-refractivity contribution in [2.24, 2.45) is 0 Å². The maximum atomic E-state index is 13.2. The van der Waals surface area contributed by atoms with Crippen molar-refractivity contribution in [3.63, 3.8) is 0 Å². The molecule has 2 amide bonds. The predicted octanol–water partition coefficient (Wildman–Crippen LogP) is 2.85. The lowest BCUT2D eigenvalue weighted by Gasteiger charge is -2.26. The van der Waals surface area contributed by atoms with Crippen LogP contribution >= 0.6 is 0 Å². The maximum absolute atomic E-state index is 13.2. The van der Waals surface area contributed by atoms with Gasteiger partial charge in [-0.15, -0.1) is 0 Å². The van der Waals surface area contributed by atoms with Crippen LogP contribution in [0.25, 0.3) is 0 Å². The Bertz CT molecular complexity index is 629. The van der Waals surface area contributed by atoms with Crippen molar-refractivity contribution in [1.29, 1.82) is 0 Å². The van der Waals surface area contributed by atoms with Crippen molar-refractivity contribution in [2.75, 3.05) is 18.4 Å². The Balaban J connectivity index is 2.21. The molecule has 0 spiro atoms. The third-order valence-electron chi connectivity index (χ3n) is 3.26. The fourth-order valence-electron chi connectivity index (χ4n) is 1.98. The summed E-state index contributed by atoms with van der Waals surface area (Å²) >= 11 is 0. The molecule has 0 saturated heterocycles. The van der Waals surface area contributed by atoms with Crippen LogP contribution in [0.4, 0.5) is 19.3 Å². The number of halogens is 2. The van der Waals surface area contributed by atoms with Gasteiger partial charge in [0.05, 0.1) is 11.3 Å². The first kappa shape index (κ1) is 15.0. The quantitative estimate of drug-likeness (QED) is 0.824. The van der Waals surface area contributed by atoms with E-state index in [1.807, 2.05) is 13.0 Å². The number of amides is 2. The molecular weight excluding hydrogens is 282 g/mol. The Morgan fingerprint density at radius 1 is 1.29 bits per heavy atom. The molecule has 1 heterocycles. The van der Waals surface area contributed by atoms with E-state index in [2.05, 4.69) is 5.32 Å². The largest absolute Gasteiger partial charge is 0.478 e. The summed E-state index contributed by atoms with van der Waals surface area (Å²) in [5.74, 6) is -3.94. The average molecular weight is 296 g/mol. The third-order valence-corrected chi connectivity index (χ3v) is 3.26. The molecule has 7 heteroatoms. The van der Waals surface area contributed by atoms with Crippen LogP contribution in [-0.4, -0.2) is 35.1 Å². The molecule has 2 N–H and O–H groups in total. The Morgan fingerprint density at radius 3 is 2.52 bits per heavy atom. The van der Waals surface area contributed by atoms with Crippen LogP contribution in [0.2, 0.25) is 0 Å². The molecule has 2 rings (SSSR count). The molecule has 0 aromatic heterocycles. The van der Waals surface area contributed by atoms with Crippen LogP contribution < -0.4 is 5.32 Å². The number of hydrogen-bond acceptors (Lipinski definition) is 2. The summed E-state index contributed by atoms with van der Waals surface area (Å²) in [6.07, 6.45) is 2.60. The minimum absolute atomic E-state index is 0.266. The Morgan fingerprint density at radius 2 is 1.95 bits per heavy atom. The first-order chi connectivity index (χ1) is 9.88. The molecule has 1 aromatic rings. The number of carboxylic acids is 1. The van der Waals surface area contributed by atoms with E-state index in [0.29, 0.717) is 25.2 Å². The van der Waals surface area contributed by atoms with Gasteiger partial charge in [-0.2, -0.15) is 0 Å². The van der Waals surface area contributed by atoms with Gasteiger partial charge in [0, 0.05) is 19.2 Å². The molecule has 0 atom stereocenters. The van der Waals surface area contributed by atoms with E-state index in [1.165, 1.54) is 4.90 Å². The lowest BCUT2D eigenvalue weighted by atomic mass is 10.1. The number of nitrogens with zero attached hydrogens (tertiary/aromatic N) is 1. The standard InChI is InChI=1S/C14H14F2N2O3/c1-8-2-4-18(5-3-8)14(21)17-12-7-11(16)10(15)6-9(12)13(19)20/h2,6-7H,3-5H2,1H3,(H,17,21)(H,19,20). The first-order valence-electron chi connectivity index (χ1n) is 6.32. The molecule has 1 aromatic carbocycles. The lowest BCUT2D eigenvalue weighted by Crippen LogP contribution is -2.38. The monoisotopic (exact) mass is 296 g/mol. The molecule has 0 saturated carbocycles. The summed E-state index contributed by atoms with van der Waals surface area (Å²) < 4.78 is 26.3. The van der Waals surface area contributed by atoms with Crippen LogP contribution in [0, 0.1) is 11.6 Å². The molecule has 0 unspecified atom stereocenters. The highest BCUT2D eigenvalue weighted by molar-refractivity contribution is 6.00. The highest BCUT2D eigenvalue weighted by Crippen LogP contribution is 2.21. The summed E-state index contributed by atoms with van der Waals surface area (Å²) in [7, 11) is 0. The summed E-state index contributed by atoms with van der Waals surface area (Å²) in [6.45, 7) is 2.83. The Kier molecular flexibility index (Phi) is 4.21. The van der Waals surface area contributed by atoms with Gasteiger partial charge in [0.2, 0.25) is 0 Å². The zero-order valence-electron chi connectivity index (χ0n) is 11.3. The summed E-state index contributed by atoms with van der Waals surface area (Å²) in [4.78, 5) is 24.5. The van der Waals surface area contributed by atoms with Gasteiger partial charge in [-0.1, -0.05) is 11.6 Å². The second-order valence-electron chi connectivity index (χ2n) is 4.79. The topological polar surface area (TPSA) is 69.6 Å². The summed E-state index contributed by atoms with van der Waals surface area (Å²) in [6, 6.07) is 0.669. The third kappa shape index (κ3) is 3.36. The number of carbonyl (C=O) groups excluding carboxylic acids is 1. The molecule has 0 fully saturated rings. The molecule has 5 nitrogen and oxygen atoms in total. The number of hydrogen-bond donors (Lipinski definition) is 2. The van der Waals surface area contributed by atoms with Gasteiger partial charge in [-0.05, 0) is 19.4 Å².